The number of fused-ring (bicyclic) bond motifs is 4. The van der Waals surface area contributed by atoms with Gasteiger partial charge in [-0.3, -0.25) is 14.9 Å². The second-order valence-electron chi connectivity index (χ2n) is 6.04. The van der Waals surface area contributed by atoms with Crippen molar-refractivity contribution < 1.29 is 19.2 Å². The van der Waals surface area contributed by atoms with Crippen LogP contribution in [0, 0.1) is 16.0 Å². The first-order chi connectivity index (χ1) is 11.8. The second-order valence-corrected chi connectivity index (χ2v) is 6.42. The van der Waals surface area contributed by atoms with Gasteiger partial charge in [-0.05, 0) is 39.1 Å². The Hall–Kier alpha value is -2.42. The molecule has 1 N–H and O–H groups in total. The van der Waals surface area contributed by atoms with Gasteiger partial charge in [0.15, 0.2) is 10.8 Å². The highest BCUT2D eigenvalue weighted by atomic mass is 32.1. The van der Waals surface area contributed by atoms with Gasteiger partial charge >= 0.3 is 5.97 Å². The average molecular weight is 365 g/mol. The molecule has 3 atom stereocenters. The van der Waals surface area contributed by atoms with Gasteiger partial charge in [0.25, 0.3) is 5.69 Å². The monoisotopic (exact) mass is 365 g/mol. The van der Waals surface area contributed by atoms with E-state index in [1.807, 2.05) is 6.92 Å². The Labute approximate surface area is 150 Å². The molecule has 2 bridgehead atoms. The summed E-state index contributed by atoms with van der Waals surface area (Å²) in [6, 6.07) is 3.81. The van der Waals surface area contributed by atoms with Crippen LogP contribution in [0.5, 0.6) is 5.75 Å². The van der Waals surface area contributed by atoms with Crippen LogP contribution in [0.25, 0.3) is 0 Å². The number of nitrogens with zero attached hydrogens (tertiary/aromatic N) is 2. The van der Waals surface area contributed by atoms with Gasteiger partial charge in [0.1, 0.15) is 11.7 Å². The average Bonchev–Trinajstić information content (AvgIpc) is 2.54. The third kappa shape index (κ3) is 2.58. The molecule has 2 aliphatic heterocycles. The van der Waals surface area contributed by atoms with E-state index >= 15 is 0 Å². The van der Waals surface area contributed by atoms with Gasteiger partial charge in [0.2, 0.25) is 0 Å². The summed E-state index contributed by atoms with van der Waals surface area (Å²) in [5, 5.41) is 14.7. The highest BCUT2D eigenvalue weighted by Gasteiger charge is 2.59. The van der Waals surface area contributed by atoms with Gasteiger partial charge in [-0.15, -0.1) is 0 Å². The molecule has 1 aromatic carbocycles. The van der Waals surface area contributed by atoms with Gasteiger partial charge in [0, 0.05) is 24.2 Å². The highest BCUT2D eigenvalue weighted by Crippen LogP contribution is 2.49. The molecule has 0 aliphatic carbocycles. The predicted molar refractivity (Wildman–Crippen MR) is 93.1 cm³/mol. The molecule has 0 unspecified atom stereocenters. The standard InChI is InChI=1S/C16H19N3O5S/c1-4-18-15(25)17-13-10-8-9(19(21)22)6-7-11(10)24-16(18,3)12(13)14(20)23-5-2/h6-8,12-13H,4-5H2,1-3H3,(H,17,25)/t12-,13+,16-/m0/s1. The Morgan fingerprint density at radius 2 is 2.24 bits per heavy atom. The molecular formula is C16H19N3O5S. The van der Waals surface area contributed by atoms with Crippen LogP contribution in [0.1, 0.15) is 32.4 Å². The van der Waals surface area contributed by atoms with Crippen molar-refractivity contribution in [3.05, 3.63) is 33.9 Å². The van der Waals surface area contributed by atoms with Gasteiger partial charge < -0.3 is 19.7 Å². The number of rotatable bonds is 4. The fourth-order valence-electron chi connectivity index (χ4n) is 3.60. The number of non-ortho nitro benzene ring substituents is 1. The number of hydrogen-bond donors (Lipinski definition) is 1. The van der Waals surface area contributed by atoms with Crippen molar-refractivity contribution in [2.75, 3.05) is 13.2 Å². The molecular weight excluding hydrogens is 346 g/mol. The van der Waals surface area contributed by atoms with Crippen LogP contribution in [0.15, 0.2) is 18.2 Å². The quantitative estimate of drug-likeness (QED) is 0.375. The SMILES string of the molecule is CCOC(=O)[C@@H]1[C@@H]2NC(=S)N(CC)[C@@]1(C)Oc1ccc([N+](=O)[O-])cc12. The number of thiocarbonyl (C=S) groups is 1. The fraction of sp³-hybridized carbons (Fsp3) is 0.500. The molecule has 1 fully saturated rings. The Morgan fingerprint density at radius 1 is 1.52 bits per heavy atom. The smallest absolute Gasteiger partial charge is 0.317 e. The van der Waals surface area contributed by atoms with Crippen molar-refractivity contribution in [2.24, 2.45) is 5.92 Å². The third-order valence-electron chi connectivity index (χ3n) is 4.68. The minimum atomic E-state index is -1.03. The highest BCUT2D eigenvalue weighted by molar-refractivity contribution is 7.80. The number of carbonyl (C=O) groups is 1. The third-order valence-corrected chi connectivity index (χ3v) is 5.02. The number of esters is 1. The van der Waals surface area contributed by atoms with Crippen LogP contribution >= 0.6 is 12.2 Å². The first kappa shape index (κ1) is 17.4. The maximum Gasteiger partial charge on any atom is 0.317 e. The van der Waals surface area contributed by atoms with Crippen LogP contribution in [0.3, 0.4) is 0 Å². The van der Waals surface area contributed by atoms with E-state index in [-0.39, 0.29) is 12.3 Å². The summed E-state index contributed by atoms with van der Waals surface area (Å²) < 4.78 is 11.4. The van der Waals surface area contributed by atoms with Gasteiger partial charge in [-0.2, -0.15) is 0 Å². The lowest BCUT2D eigenvalue weighted by molar-refractivity contribution is -0.385. The van der Waals surface area contributed by atoms with Crippen molar-refractivity contribution in [2.45, 2.75) is 32.5 Å². The van der Waals surface area contributed by atoms with Crippen LogP contribution in [0.2, 0.25) is 0 Å². The molecule has 25 heavy (non-hydrogen) atoms. The van der Waals surface area contributed by atoms with Crippen molar-refractivity contribution in [1.29, 1.82) is 0 Å². The first-order valence-corrected chi connectivity index (χ1v) is 8.46. The van der Waals surface area contributed by atoms with Crippen molar-refractivity contribution >= 4 is 29.0 Å². The predicted octanol–water partition coefficient (Wildman–Crippen LogP) is 2.13. The largest absolute Gasteiger partial charge is 0.467 e. The molecule has 134 valence electrons. The van der Waals surface area contributed by atoms with Crippen LogP contribution in [-0.4, -0.2) is 39.8 Å². The molecule has 2 aliphatic rings. The molecule has 0 radical (unpaired) electrons. The van der Waals surface area contributed by atoms with Crippen LogP contribution in [-0.2, 0) is 9.53 Å². The maximum absolute atomic E-state index is 12.7. The summed E-state index contributed by atoms with van der Waals surface area (Å²) in [7, 11) is 0. The minimum Gasteiger partial charge on any atom is -0.467 e. The summed E-state index contributed by atoms with van der Waals surface area (Å²) >= 11 is 5.42. The van der Waals surface area contributed by atoms with Gasteiger partial charge in [-0.25, -0.2) is 0 Å². The molecule has 1 saturated heterocycles. The number of ether oxygens (including phenoxy) is 2. The minimum absolute atomic E-state index is 0.0702. The Bertz CT molecular complexity index is 755. The zero-order valence-electron chi connectivity index (χ0n) is 14.1. The summed E-state index contributed by atoms with van der Waals surface area (Å²) in [6.45, 7) is 6.21. The second kappa shape index (κ2) is 6.14. The van der Waals surface area contributed by atoms with E-state index in [0.29, 0.717) is 23.0 Å². The van der Waals surface area contributed by atoms with E-state index in [1.54, 1.807) is 24.8 Å². The number of nitro groups is 1. The van der Waals surface area contributed by atoms with Crippen molar-refractivity contribution in [3.8, 4) is 5.75 Å². The number of carbonyl (C=O) groups excluding carboxylic acids is 1. The molecule has 1 aromatic rings. The molecule has 0 aromatic heterocycles. The molecule has 2 heterocycles. The molecule has 3 rings (SSSR count). The summed E-state index contributed by atoms with van der Waals surface area (Å²) in [5.41, 5.74) is -0.570. The summed E-state index contributed by atoms with van der Waals surface area (Å²) in [5.74, 6) is -0.652. The molecule has 9 heteroatoms. The van der Waals surface area contributed by atoms with Crippen molar-refractivity contribution in [1.82, 2.24) is 10.2 Å². The number of benzene rings is 1. The summed E-state index contributed by atoms with van der Waals surface area (Å²) in [6.07, 6.45) is 0. The van der Waals surface area contributed by atoms with E-state index in [1.165, 1.54) is 12.1 Å². The maximum atomic E-state index is 12.7. The Morgan fingerprint density at radius 3 is 2.84 bits per heavy atom. The number of nitro benzene ring substituents is 1. The fourth-order valence-corrected chi connectivity index (χ4v) is 4.04. The van der Waals surface area contributed by atoms with Crippen molar-refractivity contribution in [3.63, 3.8) is 0 Å². The topological polar surface area (TPSA) is 93.9 Å². The van der Waals surface area contributed by atoms with Crippen LogP contribution < -0.4 is 10.1 Å². The molecule has 0 saturated carbocycles. The van der Waals surface area contributed by atoms with E-state index in [4.69, 9.17) is 21.7 Å². The van der Waals surface area contributed by atoms with Gasteiger partial charge in [-0.1, -0.05) is 0 Å². The Balaban J connectivity index is 2.16. The van der Waals surface area contributed by atoms with E-state index in [2.05, 4.69) is 5.32 Å². The lowest BCUT2D eigenvalue weighted by Gasteiger charge is -2.55. The van der Waals surface area contributed by atoms with E-state index in [9.17, 15) is 14.9 Å². The van der Waals surface area contributed by atoms with E-state index in [0.717, 1.165) is 0 Å². The zero-order valence-corrected chi connectivity index (χ0v) is 15.0. The number of hydrogen-bond acceptors (Lipinski definition) is 6. The lowest BCUT2D eigenvalue weighted by Crippen LogP contribution is -2.71. The van der Waals surface area contributed by atoms with E-state index < -0.39 is 28.6 Å². The normalized spacial score (nSPS) is 27.0. The Kier molecular flexibility index (Phi) is 4.28. The zero-order chi connectivity index (χ0) is 18.4. The van der Waals surface area contributed by atoms with Gasteiger partial charge in [0.05, 0.1) is 17.6 Å². The molecule has 0 spiro atoms. The van der Waals surface area contributed by atoms with Crippen LogP contribution in [0.4, 0.5) is 5.69 Å². The summed E-state index contributed by atoms with van der Waals surface area (Å²) in [4.78, 5) is 25.1. The molecule has 0 amide bonds. The molecule has 8 nitrogen and oxygen atoms in total. The lowest BCUT2D eigenvalue weighted by atomic mass is 9.79. The first-order valence-electron chi connectivity index (χ1n) is 8.05. The number of nitrogens with one attached hydrogen (secondary N) is 1.